The van der Waals surface area contributed by atoms with Crippen LogP contribution in [-0.2, 0) is 9.84 Å². The molecule has 45 heavy (non-hydrogen) atoms. The third-order valence-corrected chi connectivity index (χ3v) is 10.8. The van der Waals surface area contributed by atoms with Crippen molar-refractivity contribution in [2.24, 2.45) is 5.73 Å². The number of hydrogen-bond acceptors (Lipinski definition) is 11. The van der Waals surface area contributed by atoms with Crippen LogP contribution in [0.4, 0.5) is 28.8 Å². The van der Waals surface area contributed by atoms with Gasteiger partial charge >= 0.3 is 0 Å². The number of piperidine rings is 1. The van der Waals surface area contributed by atoms with Gasteiger partial charge in [-0.05, 0) is 58.0 Å². The lowest BCUT2D eigenvalue weighted by Gasteiger charge is -2.42. The van der Waals surface area contributed by atoms with Gasteiger partial charge in [0, 0.05) is 57.1 Å². The summed E-state index contributed by atoms with van der Waals surface area (Å²) in [7, 11) is 0.0438. The maximum Gasteiger partial charge on any atom is 0.267 e. The van der Waals surface area contributed by atoms with E-state index in [9.17, 15) is 18.0 Å². The number of aromatic amines is 1. The number of para-hydroxylation sites is 1. The zero-order chi connectivity index (χ0) is 32.3. The molecular weight excluding hydrogens is 596 g/mol. The maximum atomic E-state index is 13.0. The smallest absolute Gasteiger partial charge is 0.267 e. The summed E-state index contributed by atoms with van der Waals surface area (Å²) in [5, 5.41) is 5.24. The van der Waals surface area contributed by atoms with Crippen LogP contribution in [0, 0.1) is 0 Å². The predicted octanol–water partition coefficient (Wildman–Crippen LogP) is 2.76. The number of nitrogens with zero attached hydrogens (tertiary/aromatic N) is 4. The summed E-state index contributed by atoms with van der Waals surface area (Å²) in [6, 6.07) is 12.6. The fourth-order valence-electron chi connectivity index (χ4n) is 5.83. The Balaban J connectivity index is 1.36. The second-order valence-corrected chi connectivity index (χ2v) is 14.3. The van der Waals surface area contributed by atoms with Crippen LogP contribution in [0.15, 0.2) is 52.2 Å². The van der Waals surface area contributed by atoms with Crippen molar-refractivity contribution in [1.82, 2.24) is 19.8 Å². The minimum Gasteiger partial charge on any atom is -0.494 e. The quantitative estimate of drug-likeness (QED) is 0.258. The van der Waals surface area contributed by atoms with E-state index in [1.165, 1.54) is 12.1 Å². The van der Waals surface area contributed by atoms with E-state index in [2.05, 4.69) is 42.3 Å². The summed E-state index contributed by atoms with van der Waals surface area (Å²) in [5.41, 5.74) is 6.04. The SMILES string of the molecule is COc1cc(N2CCC(N3CCN(C)CC3)CC2)ccc1Nc1nc(Nc2ccccc2S(=O)(=O)C(C)C)c(C(N)=O)c(=O)[nH]1. The number of hydrogen-bond donors (Lipinski definition) is 4. The molecule has 3 heterocycles. The van der Waals surface area contributed by atoms with Crippen molar-refractivity contribution in [3.8, 4) is 5.75 Å². The van der Waals surface area contributed by atoms with Crippen LogP contribution in [0.2, 0.25) is 0 Å². The molecule has 0 spiro atoms. The highest BCUT2D eigenvalue weighted by molar-refractivity contribution is 7.92. The Morgan fingerprint density at radius 2 is 1.71 bits per heavy atom. The first-order chi connectivity index (χ1) is 21.5. The monoisotopic (exact) mass is 638 g/mol. The van der Waals surface area contributed by atoms with Crippen molar-refractivity contribution in [3.05, 3.63) is 58.4 Å². The molecule has 0 bridgehead atoms. The third kappa shape index (κ3) is 7.08. The van der Waals surface area contributed by atoms with Crippen molar-refractivity contribution in [1.29, 1.82) is 0 Å². The van der Waals surface area contributed by atoms with Gasteiger partial charge in [-0.1, -0.05) is 12.1 Å². The van der Waals surface area contributed by atoms with Crippen LogP contribution in [-0.4, -0.2) is 98.8 Å². The Kier molecular flexibility index (Phi) is 9.65. The number of aromatic nitrogens is 2. The summed E-state index contributed by atoms with van der Waals surface area (Å²) < 4.78 is 31.7. The second-order valence-electron chi connectivity index (χ2n) is 11.8. The molecule has 2 aliphatic heterocycles. The third-order valence-electron chi connectivity index (χ3n) is 8.56. The Morgan fingerprint density at radius 1 is 1.02 bits per heavy atom. The standard InChI is InChI=1S/C31H42N8O5S/c1-20(2)45(42,43)26-8-6-5-7-24(26)33-29-27(28(32)40)30(41)36-31(35-29)34-23-10-9-22(19-25(23)44-4)38-13-11-21(12-14-38)39-17-15-37(3)16-18-39/h5-10,19-21H,11-18H2,1-4H3,(H2,32,40)(H3,33,34,35,36,41). The lowest BCUT2D eigenvalue weighted by Crippen LogP contribution is -2.52. The molecule has 0 atom stereocenters. The van der Waals surface area contributed by atoms with Crippen molar-refractivity contribution >= 4 is 44.6 Å². The van der Waals surface area contributed by atoms with Crippen molar-refractivity contribution < 1.29 is 17.9 Å². The number of primary amides is 1. The van der Waals surface area contributed by atoms with Crippen LogP contribution in [0.3, 0.4) is 0 Å². The number of amides is 1. The van der Waals surface area contributed by atoms with Gasteiger partial charge in [0.15, 0.2) is 15.7 Å². The van der Waals surface area contributed by atoms with E-state index >= 15 is 0 Å². The van der Waals surface area contributed by atoms with Crippen LogP contribution in [0.25, 0.3) is 0 Å². The fourth-order valence-corrected chi connectivity index (χ4v) is 7.04. The lowest BCUT2D eigenvalue weighted by atomic mass is 10.0. The largest absolute Gasteiger partial charge is 0.494 e. The number of benzene rings is 2. The van der Waals surface area contributed by atoms with Crippen molar-refractivity contribution in [2.45, 2.75) is 42.9 Å². The number of anilines is 5. The van der Waals surface area contributed by atoms with E-state index in [-0.39, 0.29) is 22.3 Å². The van der Waals surface area contributed by atoms with E-state index in [0.29, 0.717) is 17.5 Å². The molecule has 1 aromatic heterocycles. The first-order valence-corrected chi connectivity index (χ1v) is 16.7. The zero-order valence-electron chi connectivity index (χ0n) is 26.2. The van der Waals surface area contributed by atoms with Gasteiger partial charge in [-0.25, -0.2) is 8.42 Å². The average molecular weight is 639 g/mol. The predicted molar refractivity (Wildman–Crippen MR) is 176 cm³/mol. The molecule has 0 radical (unpaired) electrons. The van der Waals surface area contributed by atoms with E-state index in [1.807, 2.05) is 18.2 Å². The highest BCUT2D eigenvalue weighted by Gasteiger charge is 2.28. The number of nitrogens with two attached hydrogens (primary N) is 1. The van der Waals surface area contributed by atoms with Gasteiger partial charge in [0.1, 0.15) is 11.3 Å². The van der Waals surface area contributed by atoms with Gasteiger partial charge in [0.2, 0.25) is 5.95 Å². The van der Waals surface area contributed by atoms with Gasteiger partial charge < -0.3 is 30.9 Å². The molecule has 2 saturated heterocycles. The highest BCUT2D eigenvalue weighted by Crippen LogP contribution is 2.34. The van der Waals surface area contributed by atoms with E-state index < -0.39 is 32.1 Å². The number of carbonyl (C=O) groups excluding carboxylic acids is 1. The molecule has 1 amide bonds. The van der Waals surface area contributed by atoms with Crippen molar-refractivity contribution in [3.63, 3.8) is 0 Å². The molecule has 242 valence electrons. The van der Waals surface area contributed by atoms with Gasteiger partial charge in [-0.3, -0.25) is 19.5 Å². The Bertz CT molecular complexity index is 1690. The maximum absolute atomic E-state index is 13.0. The minimum absolute atomic E-state index is 0.00994. The number of carbonyl (C=O) groups is 1. The normalized spacial score (nSPS) is 17.0. The number of likely N-dealkylation sites (N-methyl/N-ethyl adjacent to an activating group) is 1. The molecule has 5 N–H and O–H groups in total. The molecule has 0 saturated carbocycles. The molecule has 13 nitrogen and oxygen atoms in total. The average Bonchev–Trinajstić information content (AvgIpc) is 3.01. The highest BCUT2D eigenvalue weighted by atomic mass is 32.2. The molecule has 0 aliphatic carbocycles. The molecular formula is C31H42N8O5S. The van der Waals surface area contributed by atoms with Gasteiger partial charge in [-0.2, -0.15) is 4.98 Å². The second kappa shape index (κ2) is 13.5. The number of sulfone groups is 1. The van der Waals surface area contributed by atoms with Crippen molar-refractivity contribution in [2.75, 3.05) is 69.0 Å². The summed E-state index contributed by atoms with van der Waals surface area (Å²) in [6.07, 6.45) is 2.20. The van der Waals surface area contributed by atoms with Crippen LogP contribution < -0.4 is 31.6 Å². The topological polar surface area (TPSA) is 166 Å². The molecule has 2 aliphatic rings. The number of nitrogens with one attached hydrogen (secondary N) is 3. The summed E-state index contributed by atoms with van der Waals surface area (Å²) in [6.45, 7) is 9.50. The van der Waals surface area contributed by atoms with E-state index in [4.69, 9.17) is 10.5 Å². The Morgan fingerprint density at radius 3 is 2.36 bits per heavy atom. The lowest BCUT2D eigenvalue weighted by molar-refractivity contribution is 0.0982. The van der Waals surface area contributed by atoms with Gasteiger partial charge in [0.05, 0.1) is 28.6 Å². The summed E-state index contributed by atoms with van der Waals surface area (Å²) in [5.74, 6) is -0.645. The minimum atomic E-state index is -3.70. The summed E-state index contributed by atoms with van der Waals surface area (Å²) >= 11 is 0. The van der Waals surface area contributed by atoms with E-state index in [0.717, 1.165) is 57.8 Å². The molecule has 14 heteroatoms. The number of ether oxygens (including phenoxy) is 1. The first-order valence-electron chi connectivity index (χ1n) is 15.1. The number of piperazine rings is 1. The first kappa shape index (κ1) is 32.3. The number of methoxy groups -OCH3 is 1. The number of rotatable bonds is 10. The molecule has 0 unspecified atom stereocenters. The molecule has 2 fully saturated rings. The van der Waals surface area contributed by atoms with Crippen LogP contribution >= 0.6 is 0 Å². The van der Waals surface area contributed by atoms with Crippen LogP contribution in [0.1, 0.15) is 37.0 Å². The van der Waals surface area contributed by atoms with Crippen LogP contribution in [0.5, 0.6) is 5.75 Å². The molecule has 5 rings (SSSR count). The molecule has 2 aromatic carbocycles. The Hall–Kier alpha value is -4.14. The Labute approximate surface area is 263 Å². The zero-order valence-corrected chi connectivity index (χ0v) is 27.0. The molecule has 3 aromatic rings. The van der Waals surface area contributed by atoms with Gasteiger partial charge in [0.25, 0.3) is 11.5 Å². The van der Waals surface area contributed by atoms with Gasteiger partial charge in [-0.15, -0.1) is 0 Å². The fraction of sp³-hybridized carbons (Fsp3) is 0.452. The summed E-state index contributed by atoms with van der Waals surface area (Å²) in [4.78, 5) is 39.6. The number of H-pyrrole nitrogens is 1. The van der Waals surface area contributed by atoms with E-state index in [1.54, 1.807) is 33.1 Å².